The molecule has 0 radical (unpaired) electrons. The molecule has 0 atom stereocenters. The summed E-state index contributed by atoms with van der Waals surface area (Å²) in [6.45, 7) is 0. The molecule has 6 heteroatoms. The molecule has 11 rings (SSSR count). The third-order valence-corrected chi connectivity index (χ3v) is 10.5. The molecular formula is C51H32N4O2. The van der Waals surface area contributed by atoms with Crippen LogP contribution in [-0.2, 0) is 0 Å². The lowest BCUT2D eigenvalue weighted by Crippen LogP contribution is -2.09. The van der Waals surface area contributed by atoms with Gasteiger partial charge in [0.2, 0.25) is 0 Å². The molecular weight excluding hydrogens is 701 g/mol. The Morgan fingerprint density at radius 3 is 1.46 bits per heavy atom. The molecule has 3 heterocycles. The van der Waals surface area contributed by atoms with Gasteiger partial charge in [-0.25, -0.2) is 15.0 Å². The van der Waals surface area contributed by atoms with Crippen molar-refractivity contribution < 1.29 is 8.83 Å². The van der Waals surface area contributed by atoms with Crippen molar-refractivity contribution in [3.05, 3.63) is 194 Å². The van der Waals surface area contributed by atoms with Gasteiger partial charge in [0, 0.05) is 55.3 Å². The molecule has 6 nitrogen and oxygen atoms in total. The Hall–Kier alpha value is -7.83. The summed E-state index contributed by atoms with van der Waals surface area (Å²) in [7, 11) is 0. The zero-order chi connectivity index (χ0) is 37.7. The molecule has 0 fully saturated rings. The van der Waals surface area contributed by atoms with E-state index in [4.69, 9.17) is 23.8 Å². The molecule has 0 bridgehead atoms. The summed E-state index contributed by atoms with van der Waals surface area (Å²) < 4.78 is 12.6. The Bertz CT molecular complexity index is 3170. The Morgan fingerprint density at radius 1 is 0.281 bits per heavy atom. The van der Waals surface area contributed by atoms with Gasteiger partial charge in [0.25, 0.3) is 0 Å². The number of hydrogen-bond donors (Lipinski definition) is 0. The van der Waals surface area contributed by atoms with E-state index in [0.29, 0.717) is 17.5 Å². The largest absolute Gasteiger partial charge is 0.456 e. The SMILES string of the molecule is c1ccc(-c2nc(-c3ccccc3)nc(-c3ccc4c(c3)oc3ccc(-c5ccc(N(c6ccccc6)c6ccc7oc8ccccc8c7c6)cc5)cc34)n2)cc1. The van der Waals surface area contributed by atoms with Crippen LogP contribution in [0.1, 0.15) is 0 Å². The topological polar surface area (TPSA) is 68.2 Å². The fraction of sp³-hybridized carbons (Fsp3) is 0. The molecule has 0 spiro atoms. The van der Waals surface area contributed by atoms with Gasteiger partial charge in [0.05, 0.1) is 0 Å². The van der Waals surface area contributed by atoms with Crippen LogP contribution < -0.4 is 4.90 Å². The van der Waals surface area contributed by atoms with Crippen LogP contribution in [0.5, 0.6) is 0 Å². The van der Waals surface area contributed by atoms with Crippen LogP contribution in [0.15, 0.2) is 203 Å². The molecule has 0 saturated heterocycles. The predicted octanol–water partition coefficient (Wildman–Crippen LogP) is 13.8. The van der Waals surface area contributed by atoms with Crippen LogP contribution in [0.3, 0.4) is 0 Å². The minimum absolute atomic E-state index is 0.591. The monoisotopic (exact) mass is 732 g/mol. The molecule has 0 unspecified atom stereocenters. The van der Waals surface area contributed by atoms with Crippen molar-refractivity contribution in [1.82, 2.24) is 15.0 Å². The van der Waals surface area contributed by atoms with Crippen molar-refractivity contribution >= 4 is 60.9 Å². The Morgan fingerprint density at radius 2 is 0.754 bits per heavy atom. The van der Waals surface area contributed by atoms with Crippen molar-refractivity contribution in [3.63, 3.8) is 0 Å². The van der Waals surface area contributed by atoms with Crippen LogP contribution in [-0.4, -0.2) is 15.0 Å². The lowest BCUT2D eigenvalue weighted by atomic mass is 10.0. The maximum absolute atomic E-state index is 6.45. The molecule has 0 aliphatic carbocycles. The molecule has 3 aromatic heterocycles. The Balaban J connectivity index is 0.948. The van der Waals surface area contributed by atoms with Crippen molar-refractivity contribution in [2.24, 2.45) is 0 Å². The van der Waals surface area contributed by atoms with E-state index in [0.717, 1.165) is 88.8 Å². The number of fused-ring (bicyclic) bond motifs is 6. The van der Waals surface area contributed by atoms with Crippen LogP contribution in [0.2, 0.25) is 0 Å². The average molecular weight is 733 g/mol. The van der Waals surface area contributed by atoms with Crippen LogP contribution in [0, 0.1) is 0 Å². The summed E-state index contributed by atoms with van der Waals surface area (Å²) in [5.74, 6) is 1.84. The number of anilines is 3. The molecule has 57 heavy (non-hydrogen) atoms. The first kappa shape index (κ1) is 32.6. The van der Waals surface area contributed by atoms with Crippen LogP contribution >= 0.6 is 0 Å². The van der Waals surface area contributed by atoms with Gasteiger partial charge in [0.1, 0.15) is 22.3 Å². The second-order valence-electron chi connectivity index (χ2n) is 14.1. The third-order valence-electron chi connectivity index (χ3n) is 10.5. The highest BCUT2D eigenvalue weighted by molar-refractivity contribution is 6.08. The van der Waals surface area contributed by atoms with Gasteiger partial charge in [-0.05, 0) is 83.9 Å². The zero-order valence-electron chi connectivity index (χ0n) is 30.6. The highest BCUT2D eigenvalue weighted by Crippen LogP contribution is 2.40. The number of benzene rings is 8. The second kappa shape index (κ2) is 13.5. The highest BCUT2D eigenvalue weighted by Gasteiger charge is 2.18. The van der Waals surface area contributed by atoms with Gasteiger partial charge in [-0.3, -0.25) is 0 Å². The van der Waals surface area contributed by atoms with Gasteiger partial charge in [-0.1, -0.05) is 121 Å². The van der Waals surface area contributed by atoms with Crippen LogP contribution in [0.4, 0.5) is 17.1 Å². The maximum atomic E-state index is 6.45. The molecule has 0 saturated carbocycles. The van der Waals surface area contributed by atoms with Crippen molar-refractivity contribution in [2.45, 2.75) is 0 Å². The number of rotatable bonds is 7. The first-order valence-corrected chi connectivity index (χ1v) is 18.9. The fourth-order valence-corrected chi connectivity index (χ4v) is 7.71. The quantitative estimate of drug-likeness (QED) is 0.162. The number of aromatic nitrogens is 3. The third kappa shape index (κ3) is 5.88. The number of nitrogens with zero attached hydrogens (tertiary/aromatic N) is 4. The number of furan rings is 2. The molecule has 0 aliphatic rings. The Kier molecular flexibility index (Phi) is 7.71. The molecule has 11 aromatic rings. The minimum Gasteiger partial charge on any atom is -0.456 e. The van der Waals surface area contributed by atoms with E-state index in [1.54, 1.807) is 0 Å². The summed E-state index contributed by atoms with van der Waals surface area (Å²) >= 11 is 0. The zero-order valence-corrected chi connectivity index (χ0v) is 30.6. The molecule has 0 aliphatic heterocycles. The minimum atomic E-state index is 0.591. The lowest BCUT2D eigenvalue weighted by Gasteiger charge is -2.25. The van der Waals surface area contributed by atoms with E-state index >= 15 is 0 Å². The lowest BCUT2D eigenvalue weighted by molar-refractivity contribution is 0.668. The van der Waals surface area contributed by atoms with E-state index in [9.17, 15) is 0 Å². The molecule has 0 amide bonds. The average Bonchev–Trinajstić information content (AvgIpc) is 3.85. The van der Waals surface area contributed by atoms with Gasteiger partial charge in [-0.15, -0.1) is 0 Å². The van der Waals surface area contributed by atoms with Gasteiger partial charge in [-0.2, -0.15) is 0 Å². The summed E-state index contributed by atoms with van der Waals surface area (Å²) in [5.41, 5.74) is 11.5. The standard InChI is InChI=1S/C51H32N4O2/c1-4-12-34(13-5-1)49-52-50(35-14-6-2-7-15-35)54-51(53-49)37-22-27-42-43-30-36(23-28-46(43)57-48(42)31-37)33-20-24-39(25-21-33)55(38-16-8-3-9-17-38)40-26-29-47-44(32-40)41-18-10-11-19-45(41)56-47/h1-32H. The van der Waals surface area contributed by atoms with E-state index in [1.807, 2.05) is 84.9 Å². The van der Waals surface area contributed by atoms with Crippen LogP contribution in [0.25, 0.3) is 89.2 Å². The maximum Gasteiger partial charge on any atom is 0.164 e. The van der Waals surface area contributed by atoms with Gasteiger partial charge < -0.3 is 13.7 Å². The van der Waals surface area contributed by atoms with Gasteiger partial charge in [0.15, 0.2) is 17.5 Å². The normalized spacial score (nSPS) is 11.5. The predicted molar refractivity (Wildman–Crippen MR) is 231 cm³/mol. The van der Waals surface area contributed by atoms with E-state index in [2.05, 4.69) is 114 Å². The van der Waals surface area contributed by atoms with Crippen molar-refractivity contribution in [1.29, 1.82) is 0 Å². The first-order valence-electron chi connectivity index (χ1n) is 18.9. The van der Waals surface area contributed by atoms with E-state index in [1.165, 1.54) is 0 Å². The summed E-state index contributed by atoms with van der Waals surface area (Å²) in [6, 6.07) is 66.5. The van der Waals surface area contributed by atoms with Crippen molar-refractivity contribution in [3.8, 4) is 45.3 Å². The number of hydrogen-bond acceptors (Lipinski definition) is 6. The molecule has 0 N–H and O–H groups in total. The number of para-hydroxylation sites is 2. The summed E-state index contributed by atoms with van der Waals surface area (Å²) in [4.78, 5) is 17.0. The van der Waals surface area contributed by atoms with Crippen molar-refractivity contribution in [2.75, 3.05) is 4.90 Å². The summed E-state index contributed by atoms with van der Waals surface area (Å²) in [5, 5.41) is 4.28. The fourth-order valence-electron chi connectivity index (χ4n) is 7.71. The second-order valence-corrected chi connectivity index (χ2v) is 14.1. The van der Waals surface area contributed by atoms with E-state index < -0.39 is 0 Å². The Labute approximate surface area is 328 Å². The summed E-state index contributed by atoms with van der Waals surface area (Å²) in [6.07, 6.45) is 0. The molecule has 8 aromatic carbocycles. The van der Waals surface area contributed by atoms with Gasteiger partial charge >= 0.3 is 0 Å². The molecule has 268 valence electrons. The highest BCUT2D eigenvalue weighted by atomic mass is 16.3. The first-order chi connectivity index (χ1) is 28.2. The smallest absolute Gasteiger partial charge is 0.164 e. The van der Waals surface area contributed by atoms with E-state index in [-0.39, 0.29) is 0 Å².